The summed E-state index contributed by atoms with van der Waals surface area (Å²) in [7, 11) is 1.70. The topological polar surface area (TPSA) is 70.9 Å². The predicted molar refractivity (Wildman–Crippen MR) is 129 cm³/mol. The Bertz CT molecular complexity index is 647. The van der Waals surface area contributed by atoms with E-state index in [0.29, 0.717) is 5.96 Å². The number of guanidine groups is 1. The zero-order chi connectivity index (χ0) is 21.9. The maximum atomic E-state index is 6.01. The minimum Gasteiger partial charge on any atom is -0.368 e. The van der Waals surface area contributed by atoms with E-state index in [2.05, 4.69) is 49.0 Å². The average molecular weight is 416 g/mol. The van der Waals surface area contributed by atoms with Gasteiger partial charge in [0.05, 0.1) is 0 Å². The van der Waals surface area contributed by atoms with Gasteiger partial charge in [-0.25, -0.2) is 11.0 Å². The highest BCUT2D eigenvalue weighted by molar-refractivity contribution is 5.77. The quantitative estimate of drug-likeness (QED) is 0.181. The van der Waals surface area contributed by atoms with E-state index in [1.54, 1.807) is 18.2 Å². The number of benzene rings is 1. The molecule has 1 heterocycles. The number of likely N-dealkylation sites (tertiary alicyclic amines) is 1. The van der Waals surface area contributed by atoms with Crippen LogP contribution < -0.4 is 11.6 Å². The van der Waals surface area contributed by atoms with E-state index in [9.17, 15) is 0 Å². The third-order valence-electron chi connectivity index (χ3n) is 6.58. The molecule has 0 aliphatic carbocycles. The summed E-state index contributed by atoms with van der Waals surface area (Å²) in [6.45, 7) is 8.94. The van der Waals surface area contributed by atoms with Crippen molar-refractivity contribution in [1.82, 2.24) is 10.0 Å². The molecule has 1 aliphatic heterocycles. The zero-order valence-corrected chi connectivity index (χ0v) is 19.9. The number of hydrazone groups is 1. The van der Waals surface area contributed by atoms with Crippen molar-refractivity contribution >= 4 is 5.96 Å². The summed E-state index contributed by atoms with van der Waals surface area (Å²) >= 11 is 0. The minimum absolute atomic E-state index is 0.540. The number of hydrogen-bond acceptors (Lipinski definition) is 3. The molecular formula is C25H45N5. The van der Waals surface area contributed by atoms with Gasteiger partial charge in [-0.15, -0.1) is 5.10 Å². The van der Waals surface area contributed by atoms with Crippen molar-refractivity contribution < 1.29 is 0 Å². The monoisotopic (exact) mass is 415 g/mol. The smallest absolute Gasteiger partial charge is 0.215 e. The molecule has 1 aromatic rings. The van der Waals surface area contributed by atoms with Gasteiger partial charge >= 0.3 is 0 Å². The van der Waals surface area contributed by atoms with Crippen LogP contribution in [-0.4, -0.2) is 36.1 Å². The van der Waals surface area contributed by atoms with Crippen LogP contribution in [0.3, 0.4) is 0 Å². The van der Waals surface area contributed by atoms with E-state index >= 15 is 0 Å². The second-order valence-corrected chi connectivity index (χ2v) is 9.28. The lowest BCUT2D eigenvalue weighted by Crippen LogP contribution is -2.44. The van der Waals surface area contributed by atoms with Crippen molar-refractivity contribution in [3.63, 3.8) is 0 Å². The summed E-state index contributed by atoms with van der Waals surface area (Å²) in [5.74, 6) is 7.69. The number of unbranched alkanes of at least 4 members (excludes halogenated alkanes) is 1. The zero-order valence-electron chi connectivity index (χ0n) is 19.9. The van der Waals surface area contributed by atoms with Gasteiger partial charge in [-0.3, -0.25) is 0 Å². The van der Waals surface area contributed by atoms with Crippen molar-refractivity contribution in [3.05, 3.63) is 34.9 Å². The van der Waals surface area contributed by atoms with Crippen molar-refractivity contribution in [2.75, 3.05) is 20.1 Å². The molecule has 5 nitrogen and oxygen atoms in total. The van der Waals surface area contributed by atoms with Crippen LogP contribution in [0.5, 0.6) is 0 Å². The summed E-state index contributed by atoms with van der Waals surface area (Å²) in [5, 5.41) is 5.40. The van der Waals surface area contributed by atoms with Gasteiger partial charge in [0.2, 0.25) is 5.96 Å². The summed E-state index contributed by atoms with van der Waals surface area (Å²) < 4.78 is 0. The van der Waals surface area contributed by atoms with Crippen LogP contribution in [0.15, 0.2) is 23.3 Å². The third kappa shape index (κ3) is 8.17. The fourth-order valence-electron chi connectivity index (χ4n) is 4.49. The molecule has 170 valence electrons. The molecule has 0 bridgehead atoms. The summed E-state index contributed by atoms with van der Waals surface area (Å²) in [6, 6.07) is 7.29. The molecule has 0 saturated carbocycles. The van der Waals surface area contributed by atoms with Gasteiger partial charge in [-0.2, -0.15) is 0 Å². The lowest BCUT2D eigenvalue weighted by molar-refractivity contribution is 0.243. The van der Waals surface area contributed by atoms with Crippen LogP contribution in [0, 0.1) is 11.8 Å². The fraction of sp³-hybridized carbons (Fsp3) is 0.720. The first-order valence-corrected chi connectivity index (χ1v) is 12.1. The highest BCUT2D eigenvalue weighted by Gasteiger charge is 2.20. The molecule has 1 atom stereocenters. The predicted octanol–water partition coefficient (Wildman–Crippen LogP) is 4.69. The molecule has 4 N–H and O–H groups in total. The van der Waals surface area contributed by atoms with Crippen LogP contribution in [0.4, 0.5) is 0 Å². The van der Waals surface area contributed by atoms with Crippen molar-refractivity contribution in [2.45, 2.75) is 85.0 Å². The van der Waals surface area contributed by atoms with E-state index in [1.165, 1.54) is 74.9 Å². The Morgan fingerprint density at radius 3 is 2.53 bits per heavy atom. The first-order chi connectivity index (χ1) is 14.4. The van der Waals surface area contributed by atoms with Gasteiger partial charge in [-0.05, 0) is 67.1 Å². The summed E-state index contributed by atoms with van der Waals surface area (Å²) in [6.07, 6.45) is 12.5. The first-order valence-electron chi connectivity index (χ1n) is 12.1. The van der Waals surface area contributed by atoms with Crippen LogP contribution in [0.1, 0.15) is 82.4 Å². The highest BCUT2D eigenvalue weighted by atomic mass is 15.6. The van der Waals surface area contributed by atoms with Crippen LogP contribution in [0.2, 0.25) is 0 Å². The van der Waals surface area contributed by atoms with Crippen molar-refractivity contribution in [2.24, 2.45) is 28.5 Å². The fourth-order valence-corrected chi connectivity index (χ4v) is 4.49. The maximum Gasteiger partial charge on any atom is 0.215 e. The molecule has 1 unspecified atom stereocenters. The SMILES string of the molecule is CCCc1cc(CCCCC2CCN(/C(N)=N/N(C)N)CC2)ccc1CC(C)CC. The van der Waals surface area contributed by atoms with Crippen LogP contribution >= 0.6 is 0 Å². The minimum atomic E-state index is 0.540. The van der Waals surface area contributed by atoms with Crippen molar-refractivity contribution in [3.8, 4) is 0 Å². The number of rotatable bonds is 11. The Balaban J connectivity index is 1.75. The summed E-state index contributed by atoms with van der Waals surface area (Å²) in [4.78, 5) is 2.15. The Hall–Kier alpha value is -1.75. The number of piperidine rings is 1. The van der Waals surface area contributed by atoms with Crippen LogP contribution in [-0.2, 0) is 19.3 Å². The lowest BCUT2D eigenvalue weighted by Gasteiger charge is -2.32. The number of aryl methyl sites for hydroxylation is 2. The first kappa shape index (κ1) is 24.5. The molecule has 1 saturated heterocycles. The van der Waals surface area contributed by atoms with Crippen molar-refractivity contribution in [1.29, 1.82) is 0 Å². The van der Waals surface area contributed by atoms with E-state index in [4.69, 9.17) is 11.6 Å². The maximum absolute atomic E-state index is 6.01. The van der Waals surface area contributed by atoms with Gasteiger partial charge in [0.25, 0.3) is 0 Å². The number of nitrogens with two attached hydrogens (primary N) is 2. The normalized spacial score (nSPS) is 16.7. The number of nitrogens with zero attached hydrogens (tertiary/aromatic N) is 3. The van der Waals surface area contributed by atoms with Gasteiger partial charge in [-0.1, -0.05) is 64.7 Å². The number of hydrogen-bond donors (Lipinski definition) is 2. The standard InChI is InChI=1S/C25H45N5/c1-5-9-23-19-22(12-13-24(23)18-20(3)6-2)11-8-7-10-21-14-16-30(17-15-21)25(26)28-29(4)27/h12-13,19-21H,5-11,14-18,27H2,1-4H3,(H2,26,28). The molecule has 1 fully saturated rings. The van der Waals surface area contributed by atoms with E-state index in [1.807, 2.05) is 0 Å². The Morgan fingerprint density at radius 2 is 1.90 bits per heavy atom. The molecule has 30 heavy (non-hydrogen) atoms. The summed E-state index contributed by atoms with van der Waals surface area (Å²) in [5.41, 5.74) is 10.7. The largest absolute Gasteiger partial charge is 0.368 e. The number of hydrazine groups is 1. The highest BCUT2D eigenvalue weighted by Crippen LogP contribution is 2.24. The third-order valence-corrected chi connectivity index (χ3v) is 6.58. The second kappa shape index (κ2) is 12.8. The Kier molecular flexibility index (Phi) is 10.5. The van der Waals surface area contributed by atoms with Gasteiger partial charge in [0, 0.05) is 20.1 Å². The molecule has 2 rings (SSSR count). The molecule has 0 aromatic heterocycles. The molecule has 0 spiro atoms. The molecule has 0 radical (unpaired) electrons. The van der Waals surface area contributed by atoms with Gasteiger partial charge < -0.3 is 10.6 Å². The lowest BCUT2D eigenvalue weighted by atomic mass is 9.89. The van der Waals surface area contributed by atoms with Crippen LogP contribution in [0.25, 0.3) is 0 Å². The Morgan fingerprint density at radius 1 is 1.17 bits per heavy atom. The Labute approximate surface area is 184 Å². The van der Waals surface area contributed by atoms with Gasteiger partial charge in [0.15, 0.2) is 0 Å². The van der Waals surface area contributed by atoms with E-state index < -0.39 is 0 Å². The molecule has 5 heteroatoms. The van der Waals surface area contributed by atoms with E-state index in [-0.39, 0.29) is 0 Å². The molecule has 0 amide bonds. The molecular weight excluding hydrogens is 370 g/mol. The molecule has 1 aromatic carbocycles. The van der Waals surface area contributed by atoms with E-state index in [0.717, 1.165) is 24.9 Å². The van der Waals surface area contributed by atoms with Gasteiger partial charge in [0.1, 0.15) is 0 Å². The average Bonchev–Trinajstić information content (AvgIpc) is 2.73. The second-order valence-electron chi connectivity index (χ2n) is 9.28. The molecule has 1 aliphatic rings.